The molecular formula is C10H16O4. The fourth-order valence-corrected chi connectivity index (χ4v) is 2.57. The summed E-state index contributed by atoms with van der Waals surface area (Å²) in [6.07, 6.45) is 2.32. The molecule has 1 aliphatic heterocycles. The van der Waals surface area contributed by atoms with E-state index in [9.17, 15) is 9.90 Å². The lowest BCUT2D eigenvalue weighted by atomic mass is 9.79. The molecule has 2 aliphatic rings. The van der Waals surface area contributed by atoms with Gasteiger partial charge in [0.05, 0.1) is 0 Å². The van der Waals surface area contributed by atoms with Crippen molar-refractivity contribution in [3.63, 3.8) is 0 Å². The lowest BCUT2D eigenvalue weighted by Crippen LogP contribution is -2.38. The number of aliphatic carboxylic acids is 1. The topological polar surface area (TPSA) is 66.8 Å². The molecule has 4 nitrogen and oxygen atoms in total. The fraction of sp³-hybridized carbons (Fsp3) is 0.900. The molecule has 1 heterocycles. The van der Waals surface area contributed by atoms with Crippen molar-refractivity contribution < 1.29 is 19.7 Å². The molecule has 1 saturated carbocycles. The Balaban J connectivity index is 2.03. The van der Waals surface area contributed by atoms with Crippen LogP contribution in [0.15, 0.2) is 0 Å². The monoisotopic (exact) mass is 200 g/mol. The molecule has 1 saturated heterocycles. The molecule has 0 aromatic heterocycles. The van der Waals surface area contributed by atoms with Crippen molar-refractivity contribution in [2.75, 3.05) is 13.2 Å². The van der Waals surface area contributed by atoms with Crippen molar-refractivity contribution in [1.29, 1.82) is 0 Å². The van der Waals surface area contributed by atoms with Crippen molar-refractivity contribution in [2.24, 2.45) is 11.3 Å². The van der Waals surface area contributed by atoms with Crippen LogP contribution in [0.4, 0.5) is 0 Å². The molecule has 1 atom stereocenters. The highest BCUT2D eigenvalue weighted by Crippen LogP contribution is 2.57. The number of hydrogen-bond donors (Lipinski definition) is 2. The van der Waals surface area contributed by atoms with E-state index in [2.05, 4.69) is 0 Å². The summed E-state index contributed by atoms with van der Waals surface area (Å²) in [4.78, 5) is 10.7. The summed E-state index contributed by atoms with van der Waals surface area (Å²) in [5, 5.41) is 18.4. The zero-order valence-corrected chi connectivity index (χ0v) is 8.11. The molecular weight excluding hydrogens is 184 g/mol. The van der Waals surface area contributed by atoms with Crippen LogP contribution >= 0.6 is 0 Å². The smallest absolute Gasteiger partial charge is 0.333 e. The Morgan fingerprint density at radius 2 is 1.93 bits per heavy atom. The standard InChI is InChI=1S/C10H16O4/c11-8(9(12)13)10(3-4-10)7-1-5-14-6-2-7/h7-8,11H,1-6H2,(H,12,13). The van der Waals surface area contributed by atoms with Crippen LogP contribution in [-0.2, 0) is 9.53 Å². The number of aliphatic hydroxyl groups is 1. The van der Waals surface area contributed by atoms with Crippen LogP contribution in [0.5, 0.6) is 0 Å². The number of carboxylic acids is 1. The van der Waals surface area contributed by atoms with Crippen LogP contribution in [0.1, 0.15) is 25.7 Å². The molecule has 14 heavy (non-hydrogen) atoms. The van der Waals surface area contributed by atoms with Crippen LogP contribution in [0.3, 0.4) is 0 Å². The first kappa shape index (κ1) is 9.93. The van der Waals surface area contributed by atoms with Gasteiger partial charge < -0.3 is 14.9 Å². The molecule has 1 aliphatic carbocycles. The Morgan fingerprint density at radius 3 is 2.36 bits per heavy atom. The van der Waals surface area contributed by atoms with E-state index in [1.165, 1.54) is 0 Å². The van der Waals surface area contributed by atoms with E-state index in [4.69, 9.17) is 9.84 Å². The maximum absolute atomic E-state index is 10.7. The molecule has 0 amide bonds. The number of carboxylic acid groups (broad SMARTS) is 1. The number of ether oxygens (including phenoxy) is 1. The Labute approximate surface area is 82.9 Å². The van der Waals surface area contributed by atoms with Crippen LogP contribution in [0, 0.1) is 11.3 Å². The summed E-state index contributed by atoms with van der Waals surface area (Å²) >= 11 is 0. The summed E-state index contributed by atoms with van der Waals surface area (Å²) < 4.78 is 5.23. The number of carbonyl (C=O) groups is 1. The Kier molecular flexibility index (Phi) is 2.49. The van der Waals surface area contributed by atoms with E-state index in [-0.39, 0.29) is 5.41 Å². The Bertz CT molecular complexity index is 228. The van der Waals surface area contributed by atoms with Crippen molar-refractivity contribution in [2.45, 2.75) is 31.8 Å². The third-order valence-corrected chi connectivity index (χ3v) is 3.64. The average Bonchev–Trinajstić information content (AvgIpc) is 2.99. The largest absolute Gasteiger partial charge is 0.479 e. The van der Waals surface area contributed by atoms with Gasteiger partial charge in [0.1, 0.15) is 0 Å². The first-order valence-corrected chi connectivity index (χ1v) is 5.15. The maximum atomic E-state index is 10.7. The molecule has 2 N–H and O–H groups in total. The second kappa shape index (κ2) is 3.51. The second-order valence-corrected chi connectivity index (χ2v) is 4.36. The van der Waals surface area contributed by atoms with Crippen LogP contribution in [0.25, 0.3) is 0 Å². The maximum Gasteiger partial charge on any atom is 0.333 e. The summed E-state index contributed by atoms with van der Waals surface area (Å²) in [5.74, 6) is -0.739. The van der Waals surface area contributed by atoms with E-state index in [0.29, 0.717) is 19.1 Å². The van der Waals surface area contributed by atoms with Gasteiger partial charge in [0.2, 0.25) is 0 Å². The van der Waals surface area contributed by atoms with E-state index in [0.717, 1.165) is 25.7 Å². The molecule has 2 rings (SSSR count). The van der Waals surface area contributed by atoms with Gasteiger partial charge >= 0.3 is 5.97 Å². The van der Waals surface area contributed by atoms with E-state index in [1.807, 2.05) is 0 Å². The van der Waals surface area contributed by atoms with Gasteiger partial charge in [0.15, 0.2) is 6.10 Å². The van der Waals surface area contributed by atoms with Crippen LogP contribution in [0.2, 0.25) is 0 Å². The lowest BCUT2D eigenvalue weighted by Gasteiger charge is -2.32. The average molecular weight is 200 g/mol. The third-order valence-electron chi connectivity index (χ3n) is 3.64. The van der Waals surface area contributed by atoms with Gasteiger partial charge in [0, 0.05) is 18.6 Å². The van der Waals surface area contributed by atoms with Crippen molar-refractivity contribution in [3.05, 3.63) is 0 Å². The van der Waals surface area contributed by atoms with Gasteiger partial charge in [0.25, 0.3) is 0 Å². The third kappa shape index (κ3) is 1.53. The Morgan fingerprint density at radius 1 is 1.36 bits per heavy atom. The van der Waals surface area contributed by atoms with Crippen molar-refractivity contribution in [3.8, 4) is 0 Å². The summed E-state index contributed by atoms with van der Waals surface area (Å²) in [6, 6.07) is 0. The minimum Gasteiger partial charge on any atom is -0.479 e. The number of aliphatic hydroxyl groups excluding tert-OH is 1. The molecule has 0 aromatic carbocycles. The molecule has 80 valence electrons. The summed E-state index contributed by atoms with van der Waals surface area (Å²) in [7, 11) is 0. The highest BCUT2D eigenvalue weighted by atomic mass is 16.5. The second-order valence-electron chi connectivity index (χ2n) is 4.36. The molecule has 0 spiro atoms. The highest BCUT2D eigenvalue weighted by Gasteiger charge is 2.56. The van der Waals surface area contributed by atoms with Crippen molar-refractivity contribution >= 4 is 5.97 Å². The molecule has 0 radical (unpaired) electrons. The SMILES string of the molecule is O=C(O)C(O)C1(C2CCOCC2)CC1. The first-order chi connectivity index (χ1) is 6.67. The lowest BCUT2D eigenvalue weighted by molar-refractivity contribution is -0.153. The molecule has 0 bridgehead atoms. The molecule has 4 heteroatoms. The summed E-state index contributed by atoms with van der Waals surface area (Å²) in [5.41, 5.74) is -0.324. The quantitative estimate of drug-likeness (QED) is 0.701. The first-order valence-electron chi connectivity index (χ1n) is 5.15. The van der Waals surface area contributed by atoms with E-state index in [1.54, 1.807) is 0 Å². The highest BCUT2D eigenvalue weighted by molar-refractivity contribution is 5.73. The zero-order valence-electron chi connectivity index (χ0n) is 8.11. The number of hydrogen-bond acceptors (Lipinski definition) is 3. The molecule has 2 fully saturated rings. The van der Waals surface area contributed by atoms with Crippen LogP contribution < -0.4 is 0 Å². The minimum atomic E-state index is -1.18. The predicted molar refractivity (Wildman–Crippen MR) is 48.9 cm³/mol. The van der Waals surface area contributed by atoms with E-state index < -0.39 is 12.1 Å². The number of rotatable bonds is 3. The predicted octanol–water partition coefficient (Wildman–Crippen LogP) is 0.639. The Hall–Kier alpha value is -0.610. The van der Waals surface area contributed by atoms with E-state index >= 15 is 0 Å². The minimum absolute atomic E-state index is 0.324. The van der Waals surface area contributed by atoms with Gasteiger partial charge in [-0.05, 0) is 31.6 Å². The molecule has 0 aromatic rings. The van der Waals surface area contributed by atoms with Gasteiger partial charge in [-0.25, -0.2) is 4.79 Å². The normalized spacial score (nSPS) is 28.4. The summed E-state index contributed by atoms with van der Waals surface area (Å²) in [6.45, 7) is 1.41. The van der Waals surface area contributed by atoms with Gasteiger partial charge in [-0.15, -0.1) is 0 Å². The van der Waals surface area contributed by atoms with Gasteiger partial charge in [-0.2, -0.15) is 0 Å². The zero-order chi connectivity index (χ0) is 10.2. The van der Waals surface area contributed by atoms with Gasteiger partial charge in [-0.3, -0.25) is 0 Å². The fourth-order valence-electron chi connectivity index (χ4n) is 2.57. The van der Waals surface area contributed by atoms with Crippen LogP contribution in [-0.4, -0.2) is 35.5 Å². The molecule has 1 unspecified atom stereocenters. The van der Waals surface area contributed by atoms with Gasteiger partial charge in [-0.1, -0.05) is 0 Å². The van der Waals surface area contributed by atoms with Crippen molar-refractivity contribution in [1.82, 2.24) is 0 Å².